The first-order chi connectivity index (χ1) is 11.0. The maximum atomic E-state index is 12.8. The normalized spacial score (nSPS) is 17.5. The van der Waals surface area contributed by atoms with E-state index in [2.05, 4.69) is 10.2 Å². The Kier molecular flexibility index (Phi) is 4.50. The van der Waals surface area contributed by atoms with Crippen LogP contribution in [0, 0.1) is 12.8 Å². The molecule has 124 valence electrons. The van der Waals surface area contributed by atoms with Gasteiger partial charge in [-0.05, 0) is 37.3 Å². The molecule has 7 heteroatoms. The van der Waals surface area contributed by atoms with Gasteiger partial charge < -0.3 is 4.57 Å². The van der Waals surface area contributed by atoms with Crippen molar-refractivity contribution in [2.45, 2.75) is 31.1 Å². The molecule has 1 fully saturated rings. The molecule has 3 rings (SSSR count). The van der Waals surface area contributed by atoms with Crippen LogP contribution in [0.15, 0.2) is 35.5 Å². The van der Waals surface area contributed by atoms with Crippen LogP contribution in [-0.4, -0.2) is 40.6 Å². The van der Waals surface area contributed by atoms with E-state index in [0.717, 1.165) is 30.7 Å². The average Bonchev–Trinajstić information content (AvgIpc) is 2.93. The third-order valence-corrected chi connectivity index (χ3v) is 6.62. The molecule has 0 unspecified atom stereocenters. The van der Waals surface area contributed by atoms with E-state index in [1.54, 1.807) is 22.8 Å². The molecule has 0 aliphatic carbocycles. The minimum Gasteiger partial charge on any atom is -0.321 e. The Morgan fingerprint density at radius 3 is 2.52 bits per heavy atom. The van der Waals surface area contributed by atoms with Crippen LogP contribution >= 0.6 is 0 Å². The van der Waals surface area contributed by atoms with E-state index in [4.69, 9.17) is 0 Å². The van der Waals surface area contributed by atoms with Gasteiger partial charge in [0, 0.05) is 26.6 Å². The molecule has 0 saturated carbocycles. The molecule has 2 heterocycles. The lowest BCUT2D eigenvalue weighted by molar-refractivity contribution is 0.269. The molecule has 0 N–H and O–H groups in total. The number of benzene rings is 1. The summed E-state index contributed by atoms with van der Waals surface area (Å²) in [6.45, 7) is 2.98. The zero-order valence-corrected chi connectivity index (χ0v) is 14.3. The second kappa shape index (κ2) is 6.41. The molecule has 2 aromatic rings. The van der Waals surface area contributed by atoms with Gasteiger partial charge in [-0.15, -0.1) is 10.2 Å². The zero-order chi connectivity index (χ0) is 16.4. The van der Waals surface area contributed by atoms with E-state index < -0.39 is 10.0 Å². The molecule has 0 atom stereocenters. The highest BCUT2D eigenvalue weighted by Crippen LogP contribution is 2.26. The summed E-state index contributed by atoms with van der Waals surface area (Å²) < 4.78 is 29.1. The maximum absolute atomic E-state index is 12.8. The van der Waals surface area contributed by atoms with Gasteiger partial charge in [0.1, 0.15) is 12.2 Å². The van der Waals surface area contributed by atoms with E-state index in [1.165, 1.54) is 0 Å². The van der Waals surface area contributed by atoms with Crippen molar-refractivity contribution in [3.8, 4) is 0 Å². The summed E-state index contributed by atoms with van der Waals surface area (Å²) in [5.41, 5.74) is 0.800. The van der Waals surface area contributed by atoms with Crippen LogP contribution in [0.2, 0.25) is 0 Å². The highest BCUT2D eigenvalue weighted by Gasteiger charge is 2.30. The minimum absolute atomic E-state index is 0.423. The fraction of sp³-hybridized carbons (Fsp3) is 0.500. The molecule has 0 amide bonds. The van der Waals surface area contributed by atoms with Crippen molar-refractivity contribution in [1.82, 2.24) is 19.1 Å². The fourth-order valence-electron chi connectivity index (χ4n) is 3.09. The second-order valence-electron chi connectivity index (χ2n) is 6.18. The van der Waals surface area contributed by atoms with Crippen molar-refractivity contribution in [2.75, 3.05) is 13.1 Å². The lowest BCUT2D eigenvalue weighted by Crippen LogP contribution is -2.39. The Hall–Kier alpha value is -1.73. The number of aromatic nitrogens is 3. The van der Waals surface area contributed by atoms with E-state index in [-0.39, 0.29) is 0 Å². The van der Waals surface area contributed by atoms with Gasteiger partial charge in [-0.25, -0.2) is 8.42 Å². The summed E-state index contributed by atoms with van der Waals surface area (Å²) in [5.74, 6) is 1.42. The molecule has 1 aromatic carbocycles. The SMILES string of the molecule is Cc1ccccc1S(=O)(=O)N1CCC(Cc2nncn2C)CC1. The number of hydrogen-bond acceptors (Lipinski definition) is 4. The standard InChI is InChI=1S/C16H22N4O2S/c1-13-5-3-4-6-15(13)23(21,22)20-9-7-14(8-10-20)11-16-18-17-12-19(16)2/h3-6,12,14H,7-11H2,1-2H3. The summed E-state index contributed by atoms with van der Waals surface area (Å²) in [4.78, 5) is 0.423. The van der Waals surface area contributed by atoms with Crippen LogP contribution in [-0.2, 0) is 23.5 Å². The molecule has 0 bridgehead atoms. The van der Waals surface area contributed by atoms with Crippen molar-refractivity contribution in [1.29, 1.82) is 0 Å². The molecule has 1 aromatic heterocycles. The number of piperidine rings is 1. The predicted molar refractivity (Wildman–Crippen MR) is 87.4 cm³/mol. The Bertz CT molecular complexity index is 777. The van der Waals surface area contributed by atoms with Gasteiger partial charge in [-0.3, -0.25) is 0 Å². The predicted octanol–water partition coefficient (Wildman–Crippen LogP) is 1.77. The molecular formula is C16H22N4O2S. The van der Waals surface area contributed by atoms with Gasteiger partial charge in [0.25, 0.3) is 0 Å². The largest absolute Gasteiger partial charge is 0.321 e. The molecule has 1 saturated heterocycles. The summed E-state index contributed by atoms with van der Waals surface area (Å²) in [7, 11) is -1.45. The van der Waals surface area contributed by atoms with E-state index in [9.17, 15) is 8.42 Å². The number of sulfonamides is 1. The highest BCUT2D eigenvalue weighted by atomic mass is 32.2. The van der Waals surface area contributed by atoms with Gasteiger partial charge in [0.15, 0.2) is 0 Å². The fourth-order valence-corrected chi connectivity index (χ4v) is 4.78. The van der Waals surface area contributed by atoms with E-state index in [1.807, 2.05) is 30.7 Å². The van der Waals surface area contributed by atoms with Gasteiger partial charge >= 0.3 is 0 Å². The lowest BCUT2D eigenvalue weighted by atomic mass is 9.94. The quantitative estimate of drug-likeness (QED) is 0.854. The van der Waals surface area contributed by atoms with E-state index >= 15 is 0 Å². The number of aryl methyl sites for hydroxylation is 2. The van der Waals surface area contributed by atoms with Crippen LogP contribution in [0.5, 0.6) is 0 Å². The summed E-state index contributed by atoms with van der Waals surface area (Å²) in [6.07, 6.45) is 4.28. The van der Waals surface area contributed by atoms with Crippen molar-refractivity contribution in [3.05, 3.63) is 42.0 Å². The summed E-state index contributed by atoms with van der Waals surface area (Å²) >= 11 is 0. The Labute approximate surface area is 137 Å². The van der Waals surface area contributed by atoms with Gasteiger partial charge in [0.05, 0.1) is 4.90 Å². The topological polar surface area (TPSA) is 68.1 Å². The number of rotatable bonds is 4. The van der Waals surface area contributed by atoms with E-state index in [0.29, 0.717) is 23.9 Å². The molecular weight excluding hydrogens is 312 g/mol. The van der Waals surface area contributed by atoms with Gasteiger partial charge in [0.2, 0.25) is 10.0 Å². The molecule has 6 nitrogen and oxygen atoms in total. The Morgan fingerprint density at radius 2 is 1.91 bits per heavy atom. The Balaban J connectivity index is 1.67. The van der Waals surface area contributed by atoms with Crippen molar-refractivity contribution in [3.63, 3.8) is 0 Å². The lowest BCUT2D eigenvalue weighted by Gasteiger charge is -2.31. The number of nitrogens with zero attached hydrogens (tertiary/aromatic N) is 4. The monoisotopic (exact) mass is 334 g/mol. The first-order valence-electron chi connectivity index (χ1n) is 7.87. The third kappa shape index (κ3) is 3.30. The summed E-state index contributed by atoms with van der Waals surface area (Å²) in [6, 6.07) is 7.17. The van der Waals surface area contributed by atoms with Crippen LogP contribution in [0.25, 0.3) is 0 Å². The molecule has 1 aliphatic rings. The molecule has 0 spiro atoms. The highest BCUT2D eigenvalue weighted by molar-refractivity contribution is 7.89. The zero-order valence-electron chi connectivity index (χ0n) is 13.5. The van der Waals surface area contributed by atoms with Crippen molar-refractivity contribution < 1.29 is 8.42 Å². The molecule has 0 radical (unpaired) electrons. The Morgan fingerprint density at radius 1 is 1.22 bits per heavy atom. The average molecular weight is 334 g/mol. The number of hydrogen-bond donors (Lipinski definition) is 0. The first-order valence-corrected chi connectivity index (χ1v) is 9.31. The van der Waals surface area contributed by atoms with Crippen LogP contribution < -0.4 is 0 Å². The molecule has 23 heavy (non-hydrogen) atoms. The maximum Gasteiger partial charge on any atom is 0.243 e. The van der Waals surface area contributed by atoms with Crippen molar-refractivity contribution >= 4 is 10.0 Å². The van der Waals surface area contributed by atoms with Crippen LogP contribution in [0.4, 0.5) is 0 Å². The van der Waals surface area contributed by atoms with Crippen molar-refractivity contribution in [2.24, 2.45) is 13.0 Å². The minimum atomic E-state index is -3.39. The van der Waals surface area contributed by atoms with Gasteiger partial charge in [-0.2, -0.15) is 4.31 Å². The third-order valence-electron chi connectivity index (χ3n) is 4.56. The first kappa shape index (κ1) is 16.1. The second-order valence-corrected chi connectivity index (χ2v) is 8.08. The van der Waals surface area contributed by atoms with Crippen LogP contribution in [0.3, 0.4) is 0 Å². The smallest absolute Gasteiger partial charge is 0.243 e. The molecule has 1 aliphatic heterocycles. The summed E-state index contributed by atoms with van der Waals surface area (Å²) in [5, 5.41) is 8.02. The van der Waals surface area contributed by atoms with Gasteiger partial charge in [-0.1, -0.05) is 18.2 Å². The van der Waals surface area contributed by atoms with Crippen LogP contribution in [0.1, 0.15) is 24.2 Å².